The van der Waals surface area contributed by atoms with Crippen molar-refractivity contribution in [1.82, 2.24) is 0 Å². The van der Waals surface area contributed by atoms with Crippen LogP contribution in [0.25, 0.3) is 0 Å². The summed E-state index contributed by atoms with van der Waals surface area (Å²) < 4.78 is 5.43. The number of carbonyl (C=O) groups excluding carboxylic acids is 1. The molecule has 2 atom stereocenters. The van der Waals surface area contributed by atoms with Gasteiger partial charge in [0.2, 0.25) is 0 Å². The smallest absolute Gasteiger partial charge is 0.321 e. The molecule has 2 rings (SSSR count). The summed E-state index contributed by atoms with van der Waals surface area (Å²) in [5.74, 6) is -0.273. The van der Waals surface area contributed by atoms with Crippen LogP contribution in [0, 0.1) is 5.41 Å². The van der Waals surface area contributed by atoms with Crippen molar-refractivity contribution in [2.75, 3.05) is 5.88 Å². The number of fused-ring (bicyclic) bond motifs is 1. The minimum Gasteiger partial charge on any atom is -0.458 e. The summed E-state index contributed by atoms with van der Waals surface area (Å²) in [5.41, 5.74) is 0.143. The number of alkyl halides is 1. The van der Waals surface area contributed by atoms with Crippen LogP contribution < -0.4 is 0 Å². The Labute approximate surface area is 83.6 Å². The summed E-state index contributed by atoms with van der Waals surface area (Å²) in [6, 6.07) is 0. The maximum Gasteiger partial charge on any atom is 0.321 e. The van der Waals surface area contributed by atoms with Crippen molar-refractivity contribution in [3.8, 4) is 0 Å². The van der Waals surface area contributed by atoms with E-state index in [1.54, 1.807) is 0 Å². The average Bonchev–Trinajstić information content (AvgIpc) is 2.70. The molecule has 3 heteroatoms. The standard InChI is InChI=1S/C10H15ClO2/c1-9-4-2-3-5-10(9,7-9)13-8(12)6-11/h2-7H2,1H3/t9-,10-/m1/s1. The Bertz CT molecular complexity index is 237. The van der Waals surface area contributed by atoms with E-state index in [1.807, 2.05) is 0 Å². The van der Waals surface area contributed by atoms with Gasteiger partial charge in [0.15, 0.2) is 0 Å². The van der Waals surface area contributed by atoms with Crippen molar-refractivity contribution in [2.24, 2.45) is 5.41 Å². The molecule has 2 fully saturated rings. The normalized spacial score (nSPS) is 42.3. The van der Waals surface area contributed by atoms with Crippen LogP contribution in [0.5, 0.6) is 0 Å². The highest BCUT2D eigenvalue weighted by Gasteiger charge is 2.67. The lowest BCUT2D eigenvalue weighted by Gasteiger charge is -2.27. The van der Waals surface area contributed by atoms with Crippen LogP contribution in [-0.4, -0.2) is 17.5 Å². The Morgan fingerprint density at radius 2 is 2.15 bits per heavy atom. The fourth-order valence-corrected chi connectivity index (χ4v) is 2.73. The van der Waals surface area contributed by atoms with Crippen molar-refractivity contribution in [1.29, 1.82) is 0 Å². The Kier molecular flexibility index (Phi) is 2.06. The molecule has 2 aliphatic rings. The first-order valence-corrected chi connectivity index (χ1v) is 5.43. The van der Waals surface area contributed by atoms with Crippen molar-refractivity contribution in [2.45, 2.75) is 44.6 Å². The molecule has 0 saturated heterocycles. The number of carbonyl (C=O) groups is 1. The van der Waals surface area contributed by atoms with Gasteiger partial charge >= 0.3 is 5.97 Å². The van der Waals surface area contributed by atoms with Crippen LogP contribution in [0.1, 0.15) is 39.0 Å². The molecular formula is C10H15ClO2. The third kappa shape index (κ3) is 1.35. The molecule has 0 N–H and O–H groups in total. The number of rotatable bonds is 2. The third-order valence-electron chi connectivity index (χ3n) is 3.63. The van der Waals surface area contributed by atoms with E-state index < -0.39 is 0 Å². The molecule has 13 heavy (non-hydrogen) atoms. The third-order valence-corrected chi connectivity index (χ3v) is 3.85. The van der Waals surface area contributed by atoms with Crippen LogP contribution in [-0.2, 0) is 9.53 Å². The van der Waals surface area contributed by atoms with E-state index in [1.165, 1.54) is 19.3 Å². The van der Waals surface area contributed by atoms with Crippen molar-refractivity contribution in [3.05, 3.63) is 0 Å². The first-order valence-electron chi connectivity index (χ1n) is 4.90. The van der Waals surface area contributed by atoms with Gasteiger partial charge in [-0.3, -0.25) is 4.79 Å². The van der Waals surface area contributed by atoms with Gasteiger partial charge in [-0.25, -0.2) is 0 Å². The highest BCUT2D eigenvalue weighted by atomic mass is 35.5. The minimum atomic E-state index is -0.257. The van der Waals surface area contributed by atoms with E-state index in [2.05, 4.69) is 6.92 Å². The Hall–Kier alpha value is -0.240. The van der Waals surface area contributed by atoms with E-state index in [0.717, 1.165) is 12.8 Å². The van der Waals surface area contributed by atoms with E-state index in [0.29, 0.717) is 0 Å². The summed E-state index contributed by atoms with van der Waals surface area (Å²) in [6.07, 6.45) is 5.74. The second kappa shape index (κ2) is 2.88. The van der Waals surface area contributed by atoms with Gasteiger partial charge in [0.25, 0.3) is 0 Å². The quantitative estimate of drug-likeness (QED) is 0.508. The molecule has 2 nitrogen and oxygen atoms in total. The Balaban J connectivity index is 2.02. The van der Waals surface area contributed by atoms with Gasteiger partial charge in [0.1, 0.15) is 11.5 Å². The SMILES string of the molecule is C[C@]12CCCC[C@@]1(OC(=O)CCl)C2. The zero-order valence-electron chi connectivity index (χ0n) is 7.94. The topological polar surface area (TPSA) is 26.3 Å². The second-order valence-corrected chi connectivity index (χ2v) is 4.81. The Morgan fingerprint density at radius 3 is 2.77 bits per heavy atom. The van der Waals surface area contributed by atoms with Crippen LogP contribution in [0.3, 0.4) is 0 Å². The predicted molar refractivity (Wildman–Crippen MR) is 50.7 cm³/mol. The predicted octanol–water partition coefficient (Wildman–Crippen LogP) is 2.49. The van der Waals surface area contributed by atoms with Crippen LogP contribution >= 0.6 is 11.6 Å². The van der Waals surface area contributed by atoms with E-state index in [9.17, 15) is 4.79 Å². The molecule has 0 spiro atoms. The number of halogens is 1. The zero-order chi connectivity index (χ0) is 9.53. The molecule has 0 aromatic rings. The van der Waals surface area contributed by atoms with Crippen LogP contribution in [0.2, 0.25) is 0 Å². The molecule has 2 aliphatic carbocycles. The maximum absolute atomic E-state index is 11.1. The van der Waals surface area contributed by atoms with Crippen molar-refractivity contribution in [3.63, 3.8) is 0 Å². The highest BCUT2D eigenvalue weighted by Crippen LogP contribution is 2.66. The molecule has 0 aromatic heterocycles. The van der Waals surface area contributed by atoms with E-state index in [-0.39, 0.29) is 22.9 Å². The van der Waals surface area contributed by atoms with E-state index in [4.69, 9.17) is 16.3 Å². The average molecular weight is 203 g/mol. The van der Waals surface area contributed by atoms with Gasteiger partial charge < -0.3 is 4.74 Å². The molecule has 0 aromatic carbocycles. The summed E-state index contributed by atoms with van der Waals surface area (Å²) in [4.78, 5) is 11.1. The molecule has 74 valence electrons. The number of ether oxygens (including phenoxy) is 1. The summed E-state index contributed by atoms with van der Waals surface area (Å²) >= 11 is 5.42. The molecule has 0 heterocycles. The zero-order valence-corrected chi connectivity index (χ0v) is 8.69. The number of hydrogen-bond donors (Lipinski definition) is 0. The molecule has 0 aliphatic heterocycles. The monoisotopic (exact) mass is 202 g/mol. The maximum atomic E-state index is 11.1. The van der Waals surface area contributed by atoms with Gasteiger partial charge in [-0.15, -0.1) is 11.6 Å². The van der Waals surface area contributed by atoms with Gasteiger partial charge in [-0.2, -0.15) is 0 Å². The van der Waals surface area contributed by atoms with Gasteiger partial charge in [-0.05, 0) is 25.7 Å². The second-order valence-electron chi connectivity index (χ2n) is 4.55. The number of esters is 1. The fraction of sp³-hybridized carbons (Fsp3) is 0.900. The molecule has 2 saturated carbocycles. The molecule has 0 amide bonds. The minimum absolute atomic E-state index is 0.0160. The summed E-state index contributed by atoms with van der Waals surface area (Å²) in [6.45, 7) is 2.22. The molecular weight excluding hydrogens is 188 g/mol. The van der Waals surface area contributed by atoms with Gasteiger partial charge in [0, 0.05) is 5.41 Å². The first-order chi connectivity index (χ1) is 6.12. The lowest BCUT2D eigenvalue weighted by Crippen LogP contribution is -2.29. The fourth-order valence-electron chi connectivity index (χ4n) is 2.67. The van der Waals surface area contributed by atoms with Crippen molar-refractivity contribution >= 4 is 17.6 Å². The molecule has 0 unspecified atom stereocenters. The first kappa shape index (κ1) is 9.32. The van der Waals surface area contributed by atoms with Gasteiger partial charge in [-0.1, -0.05) is 13.3 Å². The van der Waals surface area contributed by atoms with Gasteiger partial charge in [0.05, 0.1) is 0 Å². The van der Waals surface area contributed by atoms with Crippen molar-refractivity contribution < 1.29 is 9.53 Å². The van der Waals surface area contributed by atoms with E-state index >= 15 is 0 Å². The largest absolute Gasteiger partial charge is 0.458 e. The highest BCUT2D eigenvalue weighted by molar-refractivity contribution is 6.26. The molecule has 0 bridgehead atoms. The summed E-state index contributed by atoms with van der Waals surface area (Å²) in [5, 5.41) is 0. The Morgan fingerprint density at radius 1 is 1.46 bits per heavy atom. The summed E-state index contributed by atoms with van der Waals surface area (Å²) in [7, 11) is 0. The lowest BCUT2D eigenvalue weighted by molar-refractivity contribution is -0.152. The van der Waals surface area contributed by atoms with Crippen LogP contribution in [0.15, 0.2) is 0 Å². The van der Waals surface area contributed by atoms with Crippen LogP contribution in [0.4, 0.5) is 0 Å². The lowest BCUT2D eigenvalue weighted by atomic mass is 9.88. The number of hydrogen-bond acceptors (Lipinski definition) is 2. The molecule has 0 radical (unpaired) electrons.